The summed E-state index contributed by atoms with van der Waals surface area (Å²) in [5, 5.41) is 0.611. The van der Waals surface area contributed by atoms with E-state index in [4.69, 9.17) is 22.1 Å². The van der Waals surface area contributed by atoms with E-state index in [1.54, 1.807) is 18.2 Å². The number of anilines is 2. The molecule has 0 heterocycles. The number of hydrogen-bond donors (Lipinski definition) is 1. The van der Waals surface area contributed by atoms with Gasteiger partial charge in [0, 0.05) is 24.8 Å². The van der Waals surface area contributed by atoms with E-state index in [-0.39, 0.29) is 0 Å². The van der Waals surface area contributed by atoms with Crippen LogP contribution in [0.2, 0.25) is 5.02 Å². The van der Waals surface area contributed by atoms with Crippen molar-refractivity contribution in [3.8, 4) is 5.75 Å². The highest BCUT2D eigenvalue weighted by Gasteiger charge is 2.03. The van der Waals surface area contributed by atoms with Crippen LogP contribution in [0.25, 0.3) is 0 Å². The van der Waals surface area contributed by atoms with E-state index in [2.05, 4.69) is 17.0 Å². The lowest BCUT2D eigenvalue weighted by Crippen LogP contribution is -2.09. The lowest BCUT2D eigenvalue weighted by atomic mass is 10.2. The Morgan fingerprint density at radius 1 is 1.16 bits per heavy atom. The maximum atomic E-state index is 5.85. The van der Waals surface area contributed by atoms with Gasteiger partial charge in [-0.15, -0.1) is 0 Å². The summed E-state index contributed by atoms with van der Waals surface area (Å²) in [5.74, 6) is 0.652. The summed E-state index contributed by atoms with van der Waals surface area (Å²) < 4.78 is 5.71. The van der Waals surface area contributed by atoms with Crippen LogP contribution >= 0.6 is 11.6 Å². The van der Waals surface area contributed by atoms with Gasteiger partial charge >= 0.3 is 0 Å². The standard InChI is InChI=1S/C15H17ClN2O/c1-18(2)13-5-3-4-11(8-13)10-19-15-7-6-12(16)9-14(15)17/h3-9H,10,17H2,1-2H3. The fourth-order valence-corrected chi connectivity index (χ4v) is 1.92. The largest absolute Gasteiger partial charge is 0.487 e. The third-order valence-electron chi connectivity index (χ3n) is 2.79. The Hall–Kier alpha value is -1.87. The first kappa shape index (κ1) is 13.6. The first-order valence-electron chi connectivity index (χ1n) is 6.00. The minimum absolute atomic E-state index is 0.480. The Morgan fingerprint density at radius 3 is 2.63 bits per heavy atom. The lowest BCUT2D eigenvalue weighted by molar-refractivity contribution is 0.308. The van der Waals surface area contributed by atoms with Gasteiger partial charge in [0.1, 0.15) is 12.4 Å². The number of rotatable bonds is 4. The summed E-state index contributed by atoms with van der Waals surface area (Å²) in [6, 6.07) is 13.4. The average Bonchev–Trinajstić information content (AvgIpc) is 2.38. The van der Waals surface area contributed by atoms with E-state index < -0.39 is 0 Å². The molecule has 4 heteroatoms. The van der Waals surface area contributed by atoms with Gasteiger partial charge in [0.15, 0.2) is 0 Å². The Bertz CT molecular complexity index is 570. The van der Waals surface area contributed by atoms with Crippen molar-refractivity contribution in [2.24, 2.45) is 0 Å². The van der Waals surface area contributed by atoms with Crippen molar-refractivity contribution in [2.75, 3.05) is 24.7 Å². The quantitative estimate of drug-likeness (QED) is 0.868. The molecule has 2 aromatic carbocycles. The highest BCUT2D eigenvalue weighted by molar-refractivity contribution is 6.30. The molecule has 0 unspecified atom stereocenters. The summed E-state index contributed by atoms with van der Waals surface area (Å²) in [6.45, 7) is 0.480. The Morgan fingerprint density at radius 2 is 1.95 bits per heavy atom. The molecule has 0 radical (unpaired) electrons. The summed E-state index contributed by atoms with van der Waals surface area (Å²) in [6.07, 6.45) is 0. The molecule has 0 saturated heterocycles. The topological polar surface area (TPSA) is 38.5 Å². The number of nitrogens with two attached hydrogens (primary N) is 1. The highest BCUT2D eigenvalue weighted by Crippen LogP contribution is 2.26. The normalized spacial score (nSPS) is 10.3. The molecule has 0 aliphatic rings. The molecule has 0 aliphatic heterocycles. The summed E-state index contributed by atoms with van der Waals surface area (Å²) >= 11 is 5.85. The van der Waals surface area contributed by atoms with Crippen molar-refractivity contribution in [3.63, 3.8) is 0 Å². The molecule has 0 atom stereocenters. The van der Waals surface area contributed by atoms with Crippen molar-refractivity contribution < 1.29 is 4.74 Å². The Labute approximate surface area is 118 Å². The van der Waals surface area contributed by atoms with Crippen molar-refractivity contribution >= 4 is 23.0 Å². The fourth-order valence-electron chi connectivity index (χ4n) is 1.74. The van der Waals surface area contributed by atoms with Gasteiger partial charge in [0.25, 0.3) is 0 Å². The van der Waals surface area contributed by atoms with Gasteiger partial charge in [-0.1, -0.05) is 23.7 Å². The molecule has 0 aliphatic carbocycles. The van der Waals surface area contributed by atoms with Crippen LogP contribution in [-0.2, 0) is 6.61 Å². The van der Waals surface area contributed by atoms with Crippen LogP contribution in [0.5, 0.6) is 5.75 Å². The number of nitrogens with zero attached hydrogens (tertiary/aromatic N) is 1. The molecule has 0 amide bonds. The summed E-state index contributed by atoms with van der Waals surface area (Å²) in [7, 11) is 4.02. The maximum Gasteiger partial charge on any atom is 0.142 e. The second-order valence-electron chi connectivity index (χ2n) is 4.54. The molecule has 0 bridgehead atoms. The monoisotopic (exact) mass is 276 g/mol. The SMILES string of the molecule is CN(C)c1cccc(COc2ccc(Cl)cc2N)c1. The molecule has 2 rings (SSSR count). The molecule has 3 nitrogen and oxygen atoms in total. The van der Waals surface area contributed by atoms with Gasteiger partial charge in [-0.25, -0.2) is 0 Å². The van der Waals surface area contributed by atoms with Gasteiger partial charge in [-0.2, -0.15) is 0 Å². The minimum atomic E-state index is 0.480. The van der Waals surface area contributed by atoms with Gasteiger partial charge in [0.2, 0.25) is 0 Å². The van der Waals surface area contributed by atoms with Crippen LogP contribution in [0, 0.1) is 0 Å². The van der Waals surface area contributed by atoms with Crippen molar-refractivity contribution in [3.05, 3.63) is 53.1 Å². The van der Waals surface area contributed by atoms with Gasteiger partial charge < -0.3 is 15.4 Å². The third kappa shape index (κ3) is 3.55. The maximum absolute atomic E-state index is 5.85. The zero-order valence-electron chi connectivity index (χ0n) is 11.1. The first-order valence-corrected chi connectivity index (χ1v) is 6.38. The predicted molar refractivity (Wildman–Crippen MR) is 81.0 cm³/mol. The van der Waals surface area contributed by atoms with Gasteiger partial charge in [-0.3, -0.25) is 0 Å². The molecule has 0 aromatic heterocycles. The summed E-state index contributed by atoms with van der Waals surface area (Å²) in [5.41, 5.74) is 8.64. The van der Waals surface area contributed by atoms with E-state index in [9.17, 15) is 0 Å². The van der Waals surface area contributed by atoms with E-state index in [0.29, 0.717) is 23.1 Å². The van der Waals surface area contributed by atoms with Crippen molar-refractivity contribution in [1.82, 2.24) is 0 Å². The third-order valence-corrected chi connectivity index (χ3v) is 3.03. The van der Waals surface area contributed by atoms with E-state index in [0.717, 1.165) is 11.3 Å². The Kier molecular flexibility index (Phi) is 4.17. The van der Waals surface area contributed by atoms with Gasteiger partial charge in [-0.05, 0) is 35.9 Å². The van der Waals surface area contributed by atoms with Crippen molar-refractivity contribution in [2.45, 2.75) is 6.61 Å². The van der Waals surface area contributed by atoms with E-state index in [1.807, 2.05) is 26.2 Å². The zero-order chi connectivity index (χ0) is 13.8. The molecule has 19 heavy (non-hydrogen) atoms. The zero-order valence-corrected chi connectivity index (χ0v) is 11.8. The molecular formula is C15H17ClN2O. The predicted octanol–water partition coefficient (Wildman–Crippen LogP) is 3.57. The Balaban J connectivity index is 2.08. The molecule has 0 fully saturated rings. The molecule has 0 spiro atoms. The van der Waals surface area contributed by atoms with Crippen LogP contribution < -0.4 is 15.4 Å². The van der Waals surface area contributed by atoms with Crippen LogP contribution in [0.3, 0.4) is 0 Å². The van der Waals surface area contributed by atoms with Crippen LogP contribution in [0.4, 0.5) is 11.4 Å². The highest BCUT2D eigenvalue weighted by atomic mass is 35.5. The van der Waals surface area contributed by atoms with Crippen LogP contribution in [0.1, 0.15) is 5.56 Å². The van der Waals surface area contributed by atoms with E-state index in [1.165, 1.54) is 0 Å². The van der Waals surface area contributed by atoms with E-state index >= 15 is 0 Å². The second kappa shape index (κ2) is 5.85. The number of benzene rings is 2. The molecule has 100 valence electrons. The average molecular weight is 277 g/mol. The number of ether oxygens (including phenoxy) is 1. The minimum Gasteiger partial charge on any atom is -0.487 e. The molecule has 2 aromatic rings. The number of halogens is 1. The fraction of sp³-hybridized carbons (Fsp3) is 0.200. The van der Waals surface area contributed by atoms with Crippen molar-refractivity contribution in [1.29, 1.82) is 0 Å². The molecule has 0 saturated carbocycles. The second-order valence-corrected chi connectivity index (χ2v) is 4.97. The first-order chi connectivity index (χ1) is 9.06. The molecule has 2 N–H and O–H groups in total. The van der Waals surface area contributed by atoms with Crippen LogP contribution in [0.15, 0.2) is 42.5 Å². The molecular weight excluding hydrogens is 260 g/mol. The summed E-state index contributed by atoms with van der Waals surface area (Å²) in [4.78, 5) is 2.06. The smallest absolute Gasteiger partial charge is 0.142 e. The number of nitrogen functional groups attached to an aromatic ring is 1. The lowest BCUT2D eigenvalue weighted by Gasteiger charge is -2.14. The number of hydrogen-bond acceptors (Lipinski definition) is 3. The van der Waals surface area contributed by atoms with Gasteiger partial charge in [0.05, 0.1) is 5.69 Å². The van der Waals surface area contributed by atoms with Crippen LogP contribution in [-0.4, -0.2) is 14.1 Å².